The number of rotatable bonds is 6. The van der Waals surface area contributed by atoms with Crippen LogP contribution in [-0.2, 0) is 4.74 Å². The quantitative estimate of drug-likeness (QED) is 0.750. The van der Waals surface area contributed by atoms with Crippen LogP contribution in [0, 0.1) is 11.7 Å². The van der Waals surface area contributed by atoms with Crippen molar-refractivity contribution in [2.24, 2.45) is 5.92 Å². The summed E-state index contributed by atoms with van der Waals surface area (Å²) in [7, 11) is 1.72. The predicted molar refractivity (Wildman–Crippen MR) is 74.6 cm³/mol. The van der Waals surface area contributed by atoms with Gasteiger partial charge in [-0.05, 0) is 52.9 Å². The smallest absolute Gasteiger partial charge is 0.253 e. The number of hydrogen-bond donors (Lipinski definition) is 0. The molecular formula is C14H17BrFNO2. The van der Waals surface area contributed by atoms with Crippen molar-refractivity contribution in [1.29, 1.82) is 0 Å². The number of hydrogen-bond acceptors (Lipinski definition) is 2. The number of ether oxygens (including phenoxy) is 1. The Morgan fingerprint density at radius 2 is 2.26 bits per heavy atom. The maximum Gasteiger partial charge on any atom is 0.253 e. The van der Waals surface area contributed by atoms with Crippen LogP contribution in [0.25, 0.3) is 0 Å². The van der Waals surface area contributed by atoms with Crippen molar-refractivity contribution in [3.05, 3.63) is 34.1 Å². The Morgan fingerprint density at radius 3 is 2.89 bits per heavy atom. The molecule has 0 N–H and O–H groups in total. The fourth-order valence-electron chi connectivity index (χ4n) is 1.69. The average molecular weight is 330 g/mol. The Labute approximate surface area is 120 Å². The van der Waals surface area contributed by atoms with Gasteiger partial charge < -0.3 is 9.64 Å². The fourth-order valence-corrected chi connectivity index (χ4v) is 2.07. The van der Waals surface area contributed by atoms with E-state index in [4.69, 9.17) is 4.74 Å². The summed E-state index contributed by atoms with van der Waals surface area (Å²) in [5, 5.41) is 0. The molecule has 1 aliphatic carbocycles. The highest BCUT2D eigenvalue weighted by atomic mass is 79.9. The molecule has 0 bridgehead atoms. The van der Waals surface area contributed by atoms with Gasteiger partial charge in [0.15, 0.2) is 0 Å². The van der Waals surface area contributed by atoms with Crippen molar-refractivity contribution >= 4 is 21.8 Å². The normalized spacial score (nSPS) is 14.5. The first kappa shape index (κ1) is 14.5. The second-order valence-corrected chi connectivity index (χ2v) is 5.73. The molecule has 1 aliphatic rings. The van der Waals surface area contributed by atoms with Gasteiger partial charge in [-0.3, -0.25) is 4.79 Å². The maximum absolute atomic E-state index is 13.1. The molecule has 0 aromatic heterocycles. The summed E-state index contributed by atoms with van der Waals surface area (Å²) < 4.78 is 18.9. The van der Waals surface area contributed by atoms with Gasteiger partial charge in [0.25, 0.3) is 5.91 Å². The third-order valence-electron chi connectivity index (χ3n) is 3.13. The number of halogens is 2. The van der Waals surface area contributed by atoms with Gasteiger partial charge in [-0.15, -0.1) is 0 Å². The Balaban J connectivity index is 1.81. The number of benzene rings is 1. The average Bonchev–Trinajstić information content (AvgIpc) is 3.21. The van der Waals surface area contributed by atoms with E-state index in [2.05, 4.69) is 15.9 Å². The number of amides is 1. The van der Waals surface area contributed by atoms with Gasteiger partial charge >= 0.3 is 0 Å². The Hall–Kier alpha value is -0.940. The van der Waals surface area contributed by atoms with E-state index in [0.717, 1.165) is 12.5 Å². The van der Waals surface area contributed by atoms with Crippen LogP contribution in [0.15, 0.2) is 22.7 Å². The number of nitrogens with zero attached hydrogens (tertiary/aromatic N) is 1. The van der Waals surface area contributed by atoms with Crippen LogP contribution in [0.5, 0.6) is 0 Å². The minimum absolute atomic E-state index is 0.129. The second-order valence-electron chi connectivity index (χ2n) is 4.87. The van der Waals surface area contributed by atoms with Crippen molar-refractivity contribution in [1.82, 2.24) is 4.90 Å². The lowest BCUT2D eigenvalue weighted by Gasteiger charge is -2.17. The van der Waals surface area contributed by atoms with Gasteiger partial charge in [0, 0.05) is 25.8 Å². The van der Waals surface area contributed by atoms with E-state index in [0.29, 0.717) is 23.2 Å². The summed E-state index contributed by atoms with van der Waals surface area (Å²) in [4.78, 5) is 13.7. The number of carbonyl (C=O) groups excluding carboxylic acids is 1. The Bertz CT molecular complexity index is 463. The summed E-state index contributed by atoms with van der Waals surface area (Å²) in [6.07, 6.45) is 2.52. The molecule has 19 heavy (non-hydrogen) atoms. The zero-order valence-corrected chi connectivity index (χ0v) is 12.5. The molecule has 0 aliphatic heterocycles. The molecule has 1 aromatic rings. The predicted octanol–water partition coefficient (Wildman–Crippen LogP) is 3.09. The summed E-state index contributed by atoms with van der Waals surface area (Å²) >= 11 is 3.08. The van der Waals surface area contributed by atoms with Gasteiger partial charge in [0.1, 0.15) is 5.82 Å². The van der Waals surface area contributed by atoms with Gasteiger partial charge in [-0.1, -0.05) is 0 Å². The lowest BCUT2D eigenvalue weighted by Crippen LogP contribution is -2.30. The molecule has 0 radical (unpaired) electrons. The van der Waals surface area contributed by atoms with E-state index < -0.39 is 0 Å². The lowest BCUT2D eigenvalue weighted by atomic mass is 10.2. The molecule has 0 spiro atoms. The fraction of sp³-hybridized carbons (Fsp3) is 0.500. The number of carbonyl (C=O) groups is 1. The molecule has 0 saturated heterocycles. The lowest BCUT2D eigenvalue weighted by molar-refractivity contribution is 0.0681. The molecule has 104 valence electrons. The molecule has 1 saturated carbocycles. The van der Waals surface area contributed by atoms with Crippen LogP contribution in [0.1, 0.15) is 23.2 Å². The summed E-state index contributed by atoms with van der Waals surface area (Å²) in [5.74, 6) is 0.233. The first-order valence-corrected chi connectivity index (χ1v) is 7.15. The highest BCUT2D eigenvalue weighted by Gasteiger charge is 2.21. The highest BCUT2D eigenvalue weighted by Crippen LogP contribution is 2.28. The van der Waals surface area contributed by atoms with Gasteiger partial charge in [-0.25, -0.2) is 4.39 Å². The van der Waals surface area contributed by atoms with E-state index in [1.165, 1.54) is 31.0 Å². The van der Waals surface area contributed by atoms with E-state index >= 15 is 0 Å². The third kappa shape index (κ3) is 4.28. The standard InChI is InChI=1S/C14H17BrFNO2/c1-17(6-7-19-9-10-2-3-10)14(18)11-4-5-13(16)12(15)8-11/h4-5,8,10H,2-3,6-7,9H2,1H3. The van der Waals surface area contributed by atoms with E-state index in [-0.39, 0.29) is 11.7 Å². The van der Waals surface area contributed by atoms with Crippen LogP contribution in [0.2, 0.25) is 0 Å². The van der Waals surface area contributed by atoms with E-state index in [1.807, 2.05) is 0 Å². The molecule has 1 fully saturated rings. The van der Waals surface area contributed by atoms with Gasteiger partial charge in [0.2, 0.25) is 0 Å². The monoisotopic (exact) mass is 329 g/mol. The minimum Gasteiger partial charge on any atom is -0.379 e. The van der Waals surface area contributed by atoms with Gasteiger partial charge in [0.05, 0.1) is 11.1 Å². The molecule has 0 heterocycles. The largest absolute Gasteiger partial charge is 0.379 e. The van der Waals surface area contributed by atoms with Crippen molar-refractivity contribution < 1.29 is 13.9 Å². The van der Waals surface area contributed by atoms with Crippen LogP contribution >= 0.6 is 15.9 Å². The van der Waals surface area contributed by atoms with Crippen LogP contribution < -0.4 is 0 Å². The molecule has 0 unspecified atom stereocenters. The zero-order chi connectivity index (χ0) is 13.8. The van der Waals surface area contributed by atoms with Gasteiger partial charge in [-0.2, -0.15) is 0 Å². The molecule has 0 atom stereocenters. The third-order valence-corrected chi connectivity index (χ3v) is 3.74. The Kier molecular flexibility index (Phi) is 4.93. The van der Waals surface area contributed by atoms with Crippen molar-refractivity contribution in [3.8, 4) is 0 Å². The van der Waals surface area contributed by atoms with Crippen molar-refractivity contribution in [2.75, 3.05) is 26.8 Å². The Morgan fingerprint density at radius 1 is 1.53 bits per heavy atom. The first-order valence-electron chi connectivity index (χ1n) is 6.36. The molecule has 3 nitrogen and oxygen atoms in total. The maximum atomic E-state index is 13.1. The molecule has 1 amide bonds. The number of likely N-dealkylation sites (N-methyl/N-ethyl adjacent to an activating group) is 1. The van der Waals surface area contributed by atoms with Crippen molar-refractivity contribution in [2.45, 2.75) is 12.8 Å². The van der Waals surface area contributed by atoms with Crippen LogP contribution in [0.3, 0.4) is 0 Å². The molecule has 1 aromatic carbocycles. The van der Waals surface area contributed by atoms with Crippen LogP contribution in [-0.4, -0.2) is 37.6 Å². The summed E-state index contributed by atoms with van der Waals surface area (Å²) in [6, 6.07) is 4.28. The first-order chi connectivity index (χ1) is 9.08. The molecule has 5 heteroatoms. The van der Waals surface area contributed by atoms with Crippen LogP contribution in [0.4, 0.5) is 4.39 Å². The van der Waals surface area contributed by atoms with E-state index in [9.17, 15) is 9.18 Å². The minimum atomic E-state index is -0.369. The van der Waals surface area contributed by atoms with E-state index in [1.54, 1.807) is 11.9 Å². The highest BCUT2D eigenvalue weighted by molar-refractivity contribution is 9.10. The second kappa shape index (κ2) is 6.48. The summed E-state index contributed by atoms with van der Waals surface area (Å²) in [6.45, 7) is 1.88. The van der Waals surface area contributed by atoms with Crippen molar-refractivity contribution in [3.63, 3.8) is 0 Å². The molecule has 2 rings (SSSR count). The topological polar surface area (TPSA) is 29.5 Å². The SMILES string of the molecule is CN(CCOCC1CC1)C(=O)c1ccc(F)c(Br)c1. The molecular weight excluding hydrogens is 313 g/mol. The zero-order valence-electron chi connectivity index (χ0n) is 10.9. The summed E-state index contributed by atoms with van der Waals surface area (Å²) in [5.41, 5.74) is 0.470.